The second kappa shape index (κ2) is 10.2. The van der Waals surface area contributed by atoms with Crippen LogP contribution in [0, 0.1) is 5.92 Å². The molecule has 1 aromatic rings. The number of hydrogen-bond acceptors (Lipinski definition) is 3. The van der Waals surface area contributed by atoms with Gasteiger partial charge < -0.3 is 14.8 Å². The van der Waals surface area contributed by atoms with Gasteiger partial charge in [-0.1, -0.05) is 39.8 Å². The lowest BCUT2D eigenvalue weighted by Crippen LogP contribution is -2.22. The molecule has 21 heavy (non-hydrogen) atoms. The van der Waals surface area contributed by atoms with E-state index in [1.165, 1.54) is 5.56 Å². The van der Waals surface area contributed by atoms with Gasteiger partial charge >= 0.3 is 0 Å². The number of halogens is 1. The summed E-state index contributed by atoms with van der Waals surface area (Å²) in [6.45, 7) is 11.5. The Morgan fingerprint density at radius 3 is 2.52 bits per heavy atom. The first-order valence-electron chi connectivity index (χ1n) is 7.72. The number of rotatable bonds is 10. The Kier molecular flexibility index (Phi) is 8.97. The molecular weight excluding hydrogens is 330 g/mol. The van der Waals surface area contributed by atoms with Crippen molar-refractivity contribution >= 4 is 15.9 Å². The molecule has 0 aliphatic rings. The van der Waals surface area contributed by atoms with Crippen LogP contribution in [0.5, 0.6) is 5.75 Å². The molecule has 4 heteroatoms. The van der Waals surface area contributed by atoms with Gasteiger partial charge in [0.25, 0.3) is 0 Å². The van der Waals surface area contributed by atoms with Crippen LogP contribution in [0.3, 0.4) is 0 Å². The number of hydrogen-bond donors (Lipinski definition) is 1. The van der Waals surface area contributed by atoms with E-state index in [-0.39, 0.29) is 0 Å². The van der Waals surface area contributed by atoms with Gasteiger partial charge in [0.2, 0.25) is 0 Å². The summed E-state index contributed by atoms with van der Waals surface area (Å²) in [5.74, 6) is 1.60. The highest BCUT2D eigenvalue weighted by molar-refractivity contribution is 9.10. The van der Waals surface area contributed by atoms with Crippen LogP contribution < -0.4 is 10.1 Å². The molecule has 0 aromatic heterocycles. The number of benzene rings is 1. The maximum atomic E-state index is 5.90. The van der Waals surface area contributed by atoms with Gasteiger partial charge in [-0.3, -0.25) is 0 Å². The Balaban J connectivity index is 2.42. The predicted molar refractivity (Wildman–Crippen MR) is 91.9 cm³/mol. The molecule has 0 amide bonds. The molecule has 0 aliphatic heterocycles. The molecule has 0 heterocycles. The van der Waals surface area contributed by atoms with Crippen molar-refractivity contribution in [1.82, 2.24) is 5.32 Å². The van der Waals surface area contributed by atoms with Crippen molar-refractivity contribution in [2.24, 2.45) is 5.92 Å². The van der Waals surface area contributed by atoms with Crippen LogP contribution in [-0.4, -0.2) is 25.9 Å². The fourth-order valence-electron chi connectivity index (χ4n) is 1.79. The van der Waals surface area contributed by atoms with Gasteiger partial charge in [0.15, 0.2) is 0 Å². The summed E-state index contributed by atoms with van der Waals surface area (Å²) in [5, 5.41) is 3.42. The molecule has 0 unspecified atom stereocenters. The Bertz CT molecular complexity index is 408. The summed E-state index contributed by atoms with van der Waals surface area (Å²) in [6, 6.07) is 6.59. The van der Waals surface area contributed by atoms with E-state index in [1.54, 1.807) is 0 Å². The molecule has 0 radical (unpaired) electrons. The normalized spacial score (nSPS) is 11.4. The zero-order valence-corrected chi connectivity index (χ0v) is 15.2. The Hall–Kier alpha value is -0.580. The van der Waals surface area contributed by atoms with E-state index in [1.807, 2.05) is 12.1 Å². The lowest BCUT2D eigenvalue weighted by molar-refractivity contribution is 0.0920. The molecule has 0 atom stereocenters. The summed E-state index contributed by atoms with van der Waals surface area (Å²) in [6.07, 6.45) is 1.10. The van der Waals surface area contributed by atoms with Crippen molar-refractivity contribution in [3.8, 4) is 5.75 Å². The fraction of sp³-hybridized carbons (Fsp3) is 0.647. The van der Waals surface area contributed by atoms with E-state index >= 15 is 0 Å². The molecule has 1 N–H and O–H groups in total. The molecule has 0 saturated heterocycles. The lowest BCUT2D eigenvalue weighted by Gasteiger charge is -2.15. The second-order valence-corrected chi connectivity index (χ2v) is 6.76. The standard InChI is InChI=1S/C17H28BrNO2/c1-13(2)8-9-20-10-11-21-17-15(12-19-14(3)4)6-5-7-16(17)18/h5-7,13-14,19H,8-12H2,1-4H3. The van der Waals surface area contributed by atoms with Crippen LogP contribution in [0.1, 0.15) is 39.7 Å². The van der Waals surface area contributed by atoms with Gasteiger partial charge in [0.1, 0.15) is 12.4 Å². The molecule has 0 fully saturated rings. The van der Waals surface area contributed by atoms with Crippen LogP contribution in [0.4, 0.5) is 0 Å². The van der Waals surface area contributed by atoms with Gasteiger partial charge in [0.05, 0.1) is 11.1 Å². The van der Waals surface area contributed by atoms with E-state index in [0.717, 1.165) is 29.8 Å². The predicted octanol–water partition coefficient (Wildman–Crippen LogP) is 4.39. The highest BCUT2D eigenvalue weighted by atomic mass is 79.9. The Morgan fingerprint density at radius 1 is 1.10 bits per heavy atom. The Morgan fingerprint density at radius 2 is 1.86 bits per heavy atom. The monoisotopic (exact) mass is 357 g/mol. The maximum absolute atomic E-state index is 5.90. The molecule has 120 valence electrons. The lowest BCUT2D eigenvalue weighted by atomic mass is 10.1. The first-order chi connectivity index (χ1) is 10.0. The fourth-order valence-corrected chi connectivity index (χ4v) is 2.31. The second-order valence-electron chi connectivity index (χ2n) is 5.91. The van der Waals surface area contributed by atoms with Crippen molar-refractivity contribution in [3.05, 3.63) is 28.2 Å². The highest BCUT2D eigenvalue weighted by Crippen LogP contribution is 2.29. The van der Waals surface area contributed by atoms with E-state index < -0.39 is 0 Å². The number of nitrogens with one attached hydrogen (secondary N) is 1. The summed E-state index contributed by atoms with van der Waals surface area (Å²) in [7, 11) is 0. The smallest absolute Gasteiger partial charge is 0.138 e. The van der Waals surface area contributed by atoms with Crippen molar-refractivity contribution < 1.29 is 9.47 Å². The van der Waals surface area contributed by atoms with Crippen LogP contribution in [-0.2, 0) is 11.3 Å². The van der Waals surface area contributed by atoms with Crippen molar-refractivity contribution in [3.63, 3.8) is 0 Å². The summed E-state index contributed by atoms with van der Waals surface area (Å²) >= 11 is 3.56. The van der Waals surface area contributed by atoms with E-state index in [0.29, 0.717) is 25.2 Å². The van der Waals surface area contributed by atoms with Crippen LogP contribution in [0.15, 0.2) is 22.7 Å². The van der Waals surface area contributed by atoms with E-state index in [4.69, 9.17) is 9.47 Å². The third-order valence-electron chi connectivity index (χ3n) is 3.06. The molecular formula is C17H28BrNO2. The van der Waals surface area contributed by atoms with Crippen LogP contribution in [0.25, 0.3) is 0 Å². The first-order valence-corrected chi connectivity index (χ1v) is 8.51. The minimum absolute atomic E-state index is 0.455. The first kappa shape index (κ1) is 18.5. The van der Waals surface area contributed by atoms with Gasteiger partial charge in [-0.25, -0.2) is 0 Å². The molecule has 0 spiro atoms. The average Bonchev–Trinajstić information content (AvgIpc) is 2.41. The van der Waals surface area contributed by atoms with E-state index in [2.05, 4.69) is 55.0 Å². The highest BCUT2D eigenvalue weighted by Gasteiger charge is 2.08. The quantitative estimate of drug-likeness (QED) is 0.630. The average molecular weight is 358 g/mol. The van der Waals surface area contributed by atoms with Crippen molar-refractivity contribution in [2.45, 2.75) is 46.7 Å². The molecule has 0 aliphatic carbocycles. The summed E-state index contributed by atoms with van der Waals surface area (Å²) in [4.78, 5) is 0. The summed E-state index contributed by atoms with van der Waals surface area (Å²) in [5.41, 5.74) is 1.17. The third kappa shape index (κ3) is 7.84. The summed E-state index contributed by atoms with van der Waals surface area (Å²) < 4.78 is 12.5. The minimum Gasteiger partial charge on any atom is -0.490 e. The molecule has 3 nitrogen and oxygen atoms in total. The van der Waals surface area contributed by atoms with Crippen molar-refractivity contribution in [1.29, 1.82) is 0 Å². The van der Waals surface area contributed by atoms with E-state index in [9.17, 15) is 0 Å². The molecule has 1 rings (SSSR count). The molecule has 0 saturated carbocycles. The largest absolute Gasteiger partial charge is 0.490 e. The van der Waals surface area contributed by atoms with Gasteiger partial charge in [0, 0.05) is 24.8 Å². The number of para-hydroxylation sites is 1. The molecule has 1 aromatic carbocycles. The topological polar surface area (TPSA) is 30.5 Å². The van der Waals surface area contributed by atoms with Gasteiger partial charge in [-0.05, 0) is 34.3 Å². The van der Waals surface area contributed by atoms with Gasteiger partial charge in [-0.15, -0.1) is 0 Å². The Labute approximate surface area is 137 Å². The van der Waals surface area contributed by atoms with Gasteiger partial charge in [-0.2, -0.15) is 0 Å². The zero-order chi connectivity index (χ0) is 15.7. The molecule has 0 bridgehead atoms. The third-order valence-corrected chi connectivity index (χ3v) is 3.69. The van der Waals surface area contributed by atoms with Crippen molar-refractivity contribution in [2.75, 3.05) is 19.8 Å². The number of ether oxygens (including phenoxy) is 2. The van der Waals surface area contributed by atoms with Crippen LogP contribution in [0.2, 0.25) is 0 Å². The maximum Gasteiger partial charge on any atom is 0.138 e. The van der Waals surface area contributed by atoms with Crippen LogP contribution >= 0.6 is 15.9 Å². The minimum atomic E-state index is 0.455. The zero-order valence-electron chi connectivity index (χ0n) is 13.6. The SMILES string of the molecule is CC(C)CCOCCOc1c(Br)cccc1CNC(C)C.